The lowest BCUT2D eigenvalue weighted by molar-refractivity contribution is -0.116. The minimum Gasteiger partial charge on any atom is -0.457 e. The first-order valence-electron chi connectivity index (χ1n) is 9.86. The third kappa shape index (κ3) is 7.15. The van der Waals surface area contributed by atoms with E-state index in [1.165, 1.54) is 12.1 Å². The summed E-state index contributed by atoms with van der Waals surface area (Å²) in [6, 6.07) is 22.0. The van der Waals surface area contributed by atoms with Gasteiger partial charge in [-0.05, 0) is 42.0 Å². The average Bonchev–Trinajstić information content (AvgIpc) is 2.76. The lowest BCUT2D eigenvalue weighted by atomic mass is 10.2. The van der Waals surface area contributed by atoms with Gasteiger partial charge in [0.25, 0.3) is 0 Å². The minimum absolute atomic E-state index is 0.145. The molecule has 3 aromatic rings. The van der Waals surface area contributed by atoms with Gasteiger partial charge in [-0.2, -0.15) is 0 Å². The number of hydrogen-bond donors (Lipinski definition) is 2. The molecule has 0 fully saturated rings. The molecule has 0 aliphatic heterocycles. The molecule has 0 unspecified atom stereocenters. The fourth-order valence-electron chi connectivity index (χ4n) is 2.84. The molecule has 3 aromatic carbocycles. The molecule has 0 atom stereocenters. The number of halogens is 1. The lowest BCUT2D eigenvalue weighted by Crippen LogP contribution is -2.38. The number of hydrogen-bond acceptors (Lipinski definition) is 3. The third-order valence-electron chi connectivity index (χ3n) is 4.41. The van der Waals surface area contributed by atoms with Gasteiger partial charge in [0, 0.05) is 38.3 Å². The highest BCUT2D eigenvalue weighted by molar-refractivity contribution is 5.91. The molecule has 0 saturated heterocycles. The van der Waals surface area contributed by atoms with Gasteiger partial charge in [-0.3, -0.25) is 4.79 Å². The average molecular weight is 421 g/mol. The summed E-state index contributed by atoms with van der Waals surface area (Å²) in [4.78, 5) is 25.8. The number of ether oxygens (including phenoxy) is 1. The van der Waals surface area contributed by atoms with Crippen molar-refractivity contribution in [1.29, 1.82) is 0 Å². The van der Waals surface area contributed by atoms with Crippen LogP contribution in [0.2, 0.25) is 0 Å². The van der Waals surface area contributed by atoms with Crippen LogP contribution in [0.25, 0.3) is 0 Å². The van der Waals surface area contributed by atoms with Gasteiger partial charge < -0.3 is 20.3 Å². The molecule has 0 heterocycles. The Morgan fingerprint density at radius 2 is 1.68 bits per heavy atom. The number of carbonyl (C=O) groups is 2. The first-order valence-corrected chi connectivity index (χ1v) is 9.86. The van der Waals surface area contributed by atoms with Crippen molar-refractivity contribution in [2.24, 2.45) is 0 Å². The standard InChI is InChI=1S/C24H24FN3O3/c1-28(17-18-6-3-2-4-7-18)24(30)26-15-14-23(29)27-20-10-12-21(13-11-20)31-22-9-5-8-19(25)16-22/h2-13,16H,14-15,17H2,1H3,(H,26,30)(H,27,29). The molecule has 0 bridgehead atoms. The number of urea groups is 1. The molecule has 7 heteroatoms. The smallest absolute Gasteiger partial charge is 0.317 e. The second-order valence-corrected chi connectivity index (χ2v) is 6.96. The topological polar surface area (TPSA) is 70.7 Å². The van der Waals surface area contributed by atoms with Gasteiger partial charge in [-0.25, -0.2) is 9.18 Å². The molecule has 0 aromatic heterocycles. The summed E-state index contributed by atoms with van der Waals surface area (Å²) in [6.45, 7) is 0.716. The zero-order valence-electron chi connectivity index (χ0n) is 17.2. The van der Waals surface area contributed by atoms with Crippen LogP contribution >= 0.6 is 0 Å². The Balaban J connectivity index is 1.39. The SMILES string of the molecule is CN(Cc1ccccc1)C(=O)NCCC(=O)Nc1ccc(Oc2cccc(F)c2)cc1. The van der Waals surface area contributed by atoms with Crippen molar-refractivity contribution in [2.45, 2.75) is 13.0 Å². The van der Waals surface area contributed by atoms with Gasteiger partial charge in [0.15, 0.2) is 0 Å². The highest BCUT2D eigenvalue weighted by atomic mass is 19.1. The Kier molecular flexibility index (Phi) is 7.59. The number of nitrogens with one attached hydrogen (secondary N) is 2. The van der Waals surface area contributed by atoms with Gasteiger partial charge >= 0.3 is 6.03 Å². The molecule has 0 spiro atoms. The van der Waals surface area contributed by atoms with Gasteiger partial charge in [-0.1, -0.05) is 36.4 Å². The lowest BCUT2D eigenvalue weighted by Gasteiger charge is -2.18. The maximum Gasteiger partial charge on any atom is 0.317 e. The Morgan fingerprint density at radius 1 is 0.935 bits per heavy atom. The summed E-state index contributed by atoms with van der Waals surface area (Å²) in [6.07, 6.45) is 0.145. The van der Waals surface area contributed by atoms with E-state index in [0.717, 1.165) is 5.56 Å². The first-order chi connectivity index (χ1) is 15.0. The van der Waals surface area contributed by atoms with Crippen molar-refractivity contribution in [3.63, 3.8) is 0 Å². The van der Waals surface area contributed by atoms with E-state index in [1.54, 1.807) is 48.3 Å². The molecule has 31 heavy (non-hydrogen) atoms. The maximum absolute atomic E-state index is 13.2. The Bertz CT molecular complexity index is 1010. The van der Waals surface area contributed by atoms with E-state index in [4.69, 9.17) is 4.74 Å². The third-order valence-corrected chi connectivity index (χ3v) is 4.41. The number of carbonyl (C=O) groups excluding carboxylic acids is 2. The highest BCUT2D eigenvalue weighted by Gasteiger charge is 2.10. The molecule has 160 valence electrons. The van der Waals surface area contributed by atoms with E-state index in [0.29, 0.717) is 23.7 Å². The van der Waals surface area contributed by atoms with Gasteiger partial charge in [-0.15, -0.1) is 0 Å². The van der Waals surface area contributed by atoms with Crippen LogP contribution in [0, 0.1) is 5.82 Å². The molecule has 2 N–H and O–H groups in total. The summed E-state index contributed by atoms with van der Waals surface area (Å²) in [5, 5.41) is 5.50. The van der Waals surface area contributed by atoms with E-state index in [1.807, 2.05) is 30.3 Å². The predicted molar refractivity (Wildman–Crippen MR) is 117 cm³/mol. The van der Waals surface area contributed by atoms with Gasteiger partial charge in [0.2, 0.25) is 5.91 Å². The Morgan fingerprint density at radius 3 is 2.39 bits per heavy atom. The molecule has 0 saturated carbocycles. The molecule has 0 aliphatic rings. The van der Waals surface area contributed by atoms with E-state index >= 15 is 0 Å². The summed E-state index contributed by atoms with van der Waals surface area (Å²) in [5.74, 6) is 0.326. The van der Waals surface area contributed by atoms with E-state index in [9.17, 15) is 14.0 Å². The monoisotopic (exact) mass is 421 g/mol. The fraction of sp³-hybridized carbons (Fsp3) is 0.167. The Hall–Kier alpha value is -3.87. The summed E-state index contributed by atoms with van der Waals surface area (Å²) >= 11 is 0. The van der Waals surface area contributed by atoms with Crippen molar-refractivity contribution in [2.75, 3.05) is 18.9 Å². The van der Waals surface area contributed by atoms with Gasteiger partial charge in [0.05, 0.1) is 0 Å². The van der Waals surface area contributed by atoms with Crippen LogP contribution < -0.4 is 15.4 Å². The van der Waals surface area contributed by atoms with Crippen molar-refractivity contribution in [1.82, 2.24) is 10.2 Å². The largest absolute Gasteiger partial charge is 0.457 e. The molecule has 3 amide bonds. The highest BCUT2D eigenvalue weighted by Crippen LogP contribution is 2.23. The van der Waals surface area contributed by atoms with Crippen LogP contribution in [-0.2, 0) is 11.3 Å². The van der Waals surface area contributed by atoms with Crippen molar-refractivity contribution < 1.29 is 18.7 Å². The molecular weight excluding hydrogens is 397 g/mol. The van der Waals surface area contributed by atoms with Crippen LogP contribution in [0.15, 0.2) is 78.9 Å². The number of amides is 3. The van der Waals surface area contributed by atoms with E-state index < -0.39 is 0 Å². The second kappa shape index (κ2) is 10.8. The Labute approximate surface area is 180 Å². The number of benzene rings is 3. The summed E-state index contributed by atoms with van der Waals surface area (Å²) in [7, 11) is 1.70. The second-order valence-electron chi connectivity index (χ2n) is 6.96. The predicted octanol–water partition coefficient (Wildman–Crippen LogP) is 4.79. The quantitative estimate of drug-likeness (QED) is 0.550. The molecule has 0 aliphatic carbocycles. The minimum atomic E-state index is -0.375. The van der Waals surface area contributed by atoms with Crippen molar-refractivity contribution in [3.8, 4) is 11.5 Å². The number of nitrogens with zero attached hydrogens (tertiary/aromatic N) is 1. The zero-order valence-corrected chi connectivity index (χ0v) is 17.2. The molecular formula is C24H24FN3O3. The van der Waals surface area contributed by atoms with Crippen LogP contribution in [0.3, 0.4) is 0 Å². The van der Waals surface area contributed by atoms with Gasteiger partial charge in [0.1, 0.15) is 17.3 Å². The first kappa shape index (κ1) is 21.8. The van der Waals surface area contributed by atoms with Crippen molar-refractivity contribution >= 4 is 17.6 Å². The molecule has 0 radical (unpaired) electrons. The zero-order chi connectivity index (χ0) is 22.1. The molecule has 6 nitrogen and oxygen atoms in total. The fourth-order valence-corrected chi connectivity index (χ4v) is 2.84. The van der Waals surface area contributed by atoms with E-state index in [2.05, 4.69) is 10.6 Å². The molecule has 3 rings (SSSR count). The summed E-state index contributed by atoms with van der Waals surface area (Å²) < 4.78 is 18.8. The number of anilines is 1. The van der Waals surface area contributed by atoms with Crippen LogP contribution in [0.1, 0.15) is 12.0 Å². The van der Waals surface area contributed by atoms with Crippen LogP contribution in [0.4, 0.5) is 14.9 Å². The van der Waals surface area contributed by atoms with Crippen LogP contribution in [-0.4, -0.2) is 30.4 Å². The van der Waals surface area contributed by atoms with E-state index in [-0.39, 0.29) is 30.7 Å². The van der Waals surface area contributed by atoms with Crippen molar-refractivity contribution in [3.05, 3.63) is 90.2 Å². The van der Waals surface area contributed by atoms with Crippen LogP contribution in [0.5, 0.6) is 11.5 Å². The number of rotatable bonds is 8. The maximum atomic E-state index is 13.2. The normalized spacial score (nSPS) is 10.3. The summed E-state index contributed by atoms with van der Waals surface area (Å²) in [5.41, 5.74) is 1.63.